The second-order valence-electron chi connectivity index (χ2n) is 5.99. The lowest BCUT2D eigenvalue weighted by molar-refractivity contribution is -0.120. The first kappa shape index (κ1) is 17.4. The Balaban J connectivity index is 1.58. The third-order valence-electron chi connectivity index (χ3n) is 3.98. The zero-order valence-electron chi connectivity index (χ0n) is 13.6. The lowest BCUT2D eigenvalue weighted by Gasteiger charge is -2.13. The van der Waals surface area contributed by atoms with E-state index >= 15 is 0 Å². The Bertz CT molecular complexity index is 455. The normalized spacial score (nSPS) is 16.6. The summed E-state index contributed by atoms with van der Waals surface area (Å²) in [7, 11) is 0. The second kappa shape index (κ2) is 9.21. The third kappa shape index (κ3) is 6.01. The van der Waals surface area contributed by atoms with Gasteiger partial charge in [0.25, 0.3) is 0 Å². The highest BCUT2D eigenvalue weighted by molar-refractivity contribution is 8.00. The van der Waals surface area contributed by atoms with Crippen LogP contribution in [0.15, 0.2) is 29.2 Å². The van der Waals surface area contributed by atoms with Gasteiger partial charge in [-0.2, -0.15) is 0 Å². The summed E-state index contributed by atoms with van der Waals surface area (Å²) in [5.74, 6) is 0.103. The summed E-state index contributed by atoms with van der Waals surface area (Å²) in [6.07, 6.45) is 6.37. The molecule has 122 valence electrons. The van der Waals surface area contributed by atoms with Gasteiger partial charge in [-0.05, 0) is 45.2 Å². The number of hydrogen-bond acceptors (Lipinski definition) is 3. The molecule has 0 radical (unpaired) electrons. The van der Waals surface area contributed by atoms with Gasteiger partial charge in [-0.15, -0.1) is 11.8 Å². The summed E-state index contributed by atoms with van der Waals surface area (Å²) >= 11 is 1.60. The van der Waals surface area contributed by atoms with Gasteiger partial charge in [0.2, 0.25) is 5.91 Å². The largest absolute Gasteiger partial charge is 0.378 e. The molecule has 1 saturated carbocycles. The lowest BCUT2D eigenvalue weighted by Crippen LogP contribution is -2.32. The fourth-order valence-corrected chi connectivity index (χ4v) is 3.50. The van der Waals surface area contributed by atoms with Crippen LogP contribution in [0.25, 0.3) is 0 Å². The lowest BCUT2D eigenvalue weighted by atomic mass is 10.2. The molecule has 3 nitrogen and oxygen atoms in total. The first-order valence-corrected chi connectivity index (χ1v) is 9.16. The van der Waals surface area contributed by atoms with Crippen molar-refractivity contribution in [1.82, 2.24) is 5.32 Å². The highest BCUT2D eigenvalue weighted by Gasteiger charge is 2.15. The number of thioether (sulfide) groups is 1. The molecular weight excluding hydrogens is 294 g/mol. The predicted molar refractivity (Wildman–Crippen MR) is 92.3 cm³/mol. The van der Waals surface area contributed by atoms with Crippen LogP contribution >= 0.6 is 11.8 Å². The van der Waals surface area contributed by atoms with E-state index in [0.717, 1.165) is 17.9 Å². The van der Waals surface area contributed by atoms with Gasteiger partial charge in [-0.25, -0.2) is 0 Å². The summed E-state index contributed by atoms with van der Waals surface area (Å²) in [6, 6.07) is 8.29. The Kier molecular flexibility index (Phi) is 7.26. The predicted octanol–water partition coefficient (Wildman–Crippen LogP) is 3.94. The van der Waals surface area contributed by atoms with Gasteiger partial charge in [0, 0.05) is 18.0 Å². The highest BCUT2D eigenvalue weighted by atomic mass is 32.2. The molecular formula is C18H27NO2S. The zero-order chi connectivity index (χ0) is 15.8. The summed E-state index contributed by atoms with van der Waals surface area (Å²) in [4.78, 5) is 13.2. The number of hydrogen-bond donors (Lipinski definition) is 1. The Morgan fingerprint density at radius 3 is 2.68 bits per heavy atom. The maximum atomic E-state index is 12.1. The number of carbonyl (C=O) groups excluding carboxylic acids is 1. The molecule has 1 aromatic rings. The SMILES string of the molecule is Cc1ccc(SC(C)C(=O)NCCCOC2CCCC2)cc1. The van der Waals surface area contributed by atoms with Crippen LogP contribution in [-0.2, 0) is 9.53 Å². The van der Waals surface area contributed by atoms with Gasteiger partial charge < -0.3 is 10.1 Å². The Labute approximate surface area is 138 Å². The standard InChI is InChI=1S/C18H27NO2S/c1-14-8-10-17(11-9-14)22-15(2)18(20)19-12-5-13-21-16-6-3-4-7-16/h8-11,15-16H,3-7,12-13H2,1-2H3,(H,19,20). The van der Waals surface area contributed by atoms with E-state index in [1.165, 1.54) is 31.2 Å². The topological polar surface area (TPSA) is 38.3 Å². The van der Waals surface area contributed by atoms with Crippen LogP contribution in [0.3, 0.4) is 0 Å². The Morgan fingerprint density at radius 1 is 1.32 bits per heavy atom. The molecule has 0 aliphatic heterocycles. The molecule has 1 fully saturated rings. The highest BCUT2D eigenvalue weighted by Crippen LogP contribution is 2.23. The van der Waals surface area contributed by atoms with Crippen molar-refractivity contribution in [2.45, 2.75) is 62.2 Å². The quantitative estimate of drug-likeness (QED) is 0.582. The fourth-order valence-electron chi connectivity index (χ4n) is 2.61. The van der Waals surface area contributed by atoms with Crippen LogP contribution in [0, 0.1) is 6.92 Å². The van der Waals surface area contributed by atoms with Gasteiger partial charge in [0.1, 0.15) is 0 Å². The molecule has 0 spiro atoms. The van der Waals surface area contributed by atoms with Crippen LogP contribution in [0.2, 0.25) is 0 Å². The number of carbonyl (C=O) groups is 1. The van der Waals surface area contributed by atoms with E-state index in [2.05, 4.69) is 36.5 Å². The van der Waals surface area contributed by atoms with Crippen molar-refractivity contribution in [3.63, 3.8) is 0 Å². The van der Waals surface area contributed by atoms with Gasteiger partial charge >= 0.3 is 0 Å². The van der Waals surface area contributed by atoms with Crippen molar-refractivity contribution in [1.29, 1.82) is 0 Å². The number of nitrogens with one attached hydrogen (secondary N) is 1. The third-order valence-corrected chi connectivity index (χ3v) is 5.09. The fraction of sp³-hybridized carbons (Fsp3) is 0.611. The average molecular weight is 321 g/mol. The molecule has 22 heavy (non-hydrogen) atoms. The molecule has 0 saturated heterocycles. The molecule has 1 unspecified atom stereocenters. The number of ether oxygens (including phenoxy) is 1. The van der Waals surface area contributed by atoms with Crippen LogP contribution in [-0.4, -0.2) is 30.4 Å². The van der Waals surface area contributed by atoms with E-state index < -0.39 is 0 Å². The monoisotopic (exact) mass is 321 g/mol. The molecule has 4 heteroatoms. The molecule has 1 amide bonds. The van der Waals surface area contributed by atoms with Gasteiger partial charge in [0.15, 0.2) is 0 Å². The maximum absolute atomic E-state index is 12.1. The second-order valence-corrected chi connectivity index (χ2v) is 7.41. The van der Waals surface area contributed by atoms with Gasteiger partial charge in [-0.1, -0.05) is 30.5 Å². The van der Waals surface area contributed by atoms with Crippen molar-refractivity contribution >= 4 is 17.7 Å². The maximum Gasteiger partial charge on any atom is 0.233 e. The van der Waals surface area contributed by atoms with E-state index in [0.29, 0.717) is 12.6 Å². The van der Waals surface area contributed by atoms with E-state index in [1.54, 1.807) is 11.8 Å². The van der Waals surface area contributed by atoms with Crippen LogP contribution in [0.5, 0.6) is 0 Å². The Morgan fingerprint density at radius 2 is 2.00 bits per heavy atom. The summed E-state index contributed by atoms with van der Waals surface area (Å²) in [5.41, 5.74) is 1.24. The summed E-state index contributed by atoms with van der Waals surface area (Å²) in [6.45, 7) is 5.47. The molecule has 1 atom stereocenters. The van der Waals surface area contributed by atoms with Crippen molar-refractivity contribution in [3.8, 4) is 0 Å². The van der Waals surface area contributed by atoms with Gasteiger partial charge in [0.05, 0.1) is 11.4 Å². The van der Waals surface area contributed by atoms with Crippen molar-refractivity contribution in [2.24, 2.45) is 0 Å². The molecule has 2 rings (SSSR count). The summed E-state index contributed by atoms with van der Waals surface area (Å²) in [5, 5.41) is 2.93. The molecule has 1 N–H and O–H groups in total. The van der Waals surface area contributed by atoms with Crippen LogP contribution in [0.1, 0.15) is 44.6 Å². The number of aryl methyl sites for hydroxylation is 1. The zero-order valence-corrected chi connectivity index (χ0v) is 14.5. The number of rotatable bonds is 8. The molecule has 0 bridgehead atoms. The molecule has 1 aromatic carbocycles. The molecule has 1 aliphatic carbocycles. The smallest absolute Gasteiger partial charge is 0.233 e. The Hall–Kier alpha value is -1.00. The molecule has 0 aromatic heterocycles. The molecule has 1 aliphatic rings. The van der Waals surface area contributed by atoms with E-state index in [4.69, 9.17) is 4.74 Å². The first-order chi connectivity index (χ1) is 10.6. The van der Waals surface area contributed by atoms with Crippen molar-refractivity contribution in [2.75, 3.05) is 13.2 Å². The van der Waals surface area contributed by atoms with E-state index in [1.807, 2.05) is 6.92 Å². The van der Waals surface area contributed by atoms with Crippen LogP contribution < -0.4 is 5.32 Å². The van der Waals surface area contributed by atoms with Crippen molar-refractivity contribution in [3.05, 3.63) is 29.8 Å². The van der Waals surface area contributed by atoms with Crippen molar-refractivity contribution < 1.29 is 9.53 Å². The molecule has 0 heterocycles. The minimum absolute atomic E-state index is 0.0709. The minimum atomic E-state index is -0.0709. The number of benzene rings is 1. The average Bonchev–Trinajstić information content (AvgIpc) is 3.02. The van der Waals surface area contributed by atoms with E-state index in [-0.39, 0.29) is 11.2 Å². The summed E-state index contributed by atoms with van der Waals surface area (Å²) < 4.78 is 5.80. The van der Waals surface area contributed by atoms with Crippen LogP contribution in [0.4, 0.5) is 0 Å². The van der Waals surface area contributed by atoms with E-state index in [9.17, 15) is 4.79 Å². The first-order valence-electron chi connectivity index (χ1n) is 8.28. The van der Waals surface area contributed by atoms with Gasteiger partial charge in [-0.3, -0.25) is 4.79 Å². The minimum Gasteiger partial charge on any atom is -0.378 e. The number of amides is 1.